The Bertz CT molecular complexity index is 227. The van der Waals surface area contributed by atoms with Crippen molar-refractivity contribution in [1.82, 2.24) is 0 Å². The zero-order valence-corrected chi connectivity index (χ0v) is 8.07. The molecule has 2 N–H and O–H groups in total. The van der Waals surface area contributed by atoms with Gasteiger partial charge in [-0.25, -0.2) is 9.36 Å². The third kappa shape index (κ3) is 3.46. The molecular formula is C7H13O5P. The first kappa shape index (κ1) is 10.7. The van der Waals surface area contributed by atoms with E-state index in [9.17, 15) is 9.36 Å². The van der Waals surface area contributed by atoms with Crippen LogP contribution < -0.4 is 0 Å². The average Bonchev–Trinajstić information content (AvgIpc) is 2.50. The molecule has 0 aliphatic heterocycles. The lowest BCUT2D eigenvalue weighted by Gasteiger charge is -2.09. The molecule has 1 aliphatic rings. The van der Waals surface area contributed by atoms with Crippen molar-refractivity contribution in [3.8, 4) is 0 Å². The molecule has 0 heterocycles. The second-order valence-corrected chi connectivity index (χ2v) is 4.72. The van der Waals surface area contributed by atoms with Gasteiger partial charge < -0.3 is 14.5 Å². The Morgan fingerprint density at radius 2 is 1.92 bits per heavy atom. The molecule has 1 aliphatic carbocycles. The van der Waals surface area contributed by atoms with Crippen LogP contribution in [0.2, 0.25) is 0 Å². The van der Waals surface area contributed by atoms with E-state index in [2.05, 4.69) is 4.74 Å². The Morgan fingerprint density at radius 1 is 1.38 bits per heavy atom. The topological polar surface area (TPSA) is 83.8 Å². The molecule has 0 unspecified atom stereocenters. The van der Waals surface area contributed by atoms with Crippen LogP contribution in [0.25, 0.3) is 0 Å². The summed E-state index contributed by atoms with van der Waals surface area (Å²) < 4.78 is 14.8. The van der Waals surface area contributed by atoms with Crippen molar-refractivity contribution in [3.63, 3.8) is 0 Å². The molecule has 76 valence electrons. The lowest BCUT2D eigenvalue weighted by Crippen LogP contribution is -2.10. The van der Waals surface area contributed by atoms with Gasteiger partial charge in [-0.15, -0.1) is 0 Å². The van der Waals surface area contributed by atoms with E-state index in [1.54, 1.807) is 0 Å². The first-order valence-corrected chi connectivity index (χ1v) is 5.84. The van der Waals surface area contributed by atoms with Gasteiger partial charge in [0.2, 0.25) is 0 Å². The van der Waals surface area contributed by atoms with Crippen molar-refractivity contribution in [3.05, 3.63) is 0 Å². The average molecular weight is 208 g/mol. The van der Waals surface area contributed by atoms with Gasteiger partial charge in [0, 0.05) is 0 Å². The number of hydrogen-bond acceptors (Lipinski definition) is 3. The summed E-state index contributed by atoms with van der Waals surface area (Å²) in [7, 11) is -4.67. The third-order valence-corrected chi connectivity index (χ3v) is 2.76. The Kier molecular flexibility index (Phi) is 3.47. The Hall–Kier alpha value is -0.380. The van der Waals surface area contributed by atoms with Crippen LogP contribution in [0.3, 0.4) is 0 Å². The highest BCUT2D eigenvalue weighted by atomic mass is 31.2. The van der Waals surface area contributed by atoms with Crippen molar-refractivity contribution in [2.24, 2.45) is 5.92 Å². The Balaban J connectivity index is 2.26. The standard InChI is InChI=1S/C7H13O5P/c8-7(13(9,10)11)12-5-6-3-1-2-4-6/h6H,1-5H2,(H2,9,10,11). The van der Waals surface area contributed by atoms with Gasteiger partial charge in [-0.2, -0.15) is 0 Å². The van der Waals surface area contributed by atoms with Gasteiger partial charge in [-0.05, 0) is 18.8 Å². The van der Waals surface area contributed by atoms with Crippen LogP contribution in [-0.4, -0.2) is 22.1 Å². The molecule has 6 heteroatoms. The summed E-state index contributed by atoms with van der Waals surface area (Å²) in [5.41, 5.74) is -1.40. The van der Waals surface area contributed by atoms with Crippen LogP contribution in [0.15, 0.2) is 0 Å². The molecule has 13 heavy (non-hydrogen) atoms. The smallest absolute Gasteiger partial charge is 0.433 e. The molecular weight excluding hydrogens is 195 g/mol. The summed E-state index contributed by atoms with van der Waals surface area (Å²) in [6.07, 6.45) is 4.18. The van der Waals surface area contributed by atoms with Gasteiger partial charge in [0.05, 0.1) is 6.61 Å². The molecule has 1 saturated carbocycles. The van der Waals surface area contributed by atoms with Gasteiger partial charge in [-0.1, -0.05) is 12.8 Å². The van der Waals surface area contributed by atoms with E-state index >= 15 is 0 Å². The van der Waals surface area contributed by atoms with Gasteiger partial charge in [0.1, 0.15) is 0 Å². The zero-order valence-electron chi connectivity index (χ0n) is 7.18. The van der Waals surface area contributed by atoms with E-state index in [4.69, 9.17) is 9.79 Å². The monoisotopic (exact) mass is 208 g/mol. The highest BCUT2D eigenvalue weighted by Crippen LogP contribution is 2.37. The number of carbonyl (C=O) groups excluding carboxylic acids is 1. The van der Waals surface area contributed by atoms with Crippen LogP contribution in [0.4, 0.5) is 4.79 Å². The minimum absolute atomic E-state index is 0.143. The van der Waals surface area contributed by atoms with Crippen molar-refractivity contribution < 1.29 is 23.9 Å². The Labute approximate surface area is 76.2 Å². The summed E-state index contributed by atoms with van der Waals surface area (Å²) in [6, 6.07) is 0. The van der Waals surface area contributed by atoms with Gasteiger partial charge in [0.15, 0.2) is 0 Å². The van der Waals surface area contributed by atoms with Crippen LogP contribution in [0.5, 0.6) is 0 Å². The van der Waals surface area contributed by atoms with E-state index in [1.807, 2.05) is 0 Å². The van der Waals surface area contributed by atoms with Gasteiger partial charge in [-0.3, -0.25) is 0 Å². The minimum Gasteiger partial charge on any atom is -0.456 e. The molecule has 1 rings (SSSR count). The number of carbonyl (C=O) groups is 1. The lowest BCUT2D eigenvalue weighted by molar-refractivity contribution is 0.144. The first-order chi connectivity index (χ1) is 6.00. The van der Waals surface area contributed by atoms with Crippen molar-refractivity contribution in [2.75, 3.05) is 6.61 Å². The zero-order chi connectivity index (χ0) is 9.90. The van der Waals surface area contributed by atoms with Crippen LogP contribution in [0, 0.1) is 5.92 Å². The SMILES string of the molecule is O=C(OCC1CCCC1)P(=O)(O)O. The molecule has 0 aromatic carbocycles. The maximum atomic E-state index is 10.6. The van der Waals surface area contributed by atoms with E-state index in [0.29, 0.717) is 0 Å². The fourth-order valence-electron chi connectivity index (χ4n) is 1.45. The summed E-state index contributed by atoms with van der Waals surface area (Å²) in [6.45, 7) is 0.143. The second-order valence-electron chi connectivity index (χ2n) is 3.27. The van der Waals surface area contributed by atoms with Crippen molar-refractivity contribution in [1.29, 1.82) is 0 Å². The quantitative estimate of drug-likeness (QED) is 0.686. The molecule has 0 atom stereocenters. The molecule has 0 spiro atoms. The van der Waals surface area contributed by atoms with E-state index in [0.717, 1.165) is 25.7 Å². The number of ether oxygens (including phenoxy) is 1. The van der Waals surface area contributed by atoms with Crippen LogP contribution in [0.1, 0.15) is 25.7 Å². The molecule has 0 aromatic heterocycles. The van der Waals surface area contributed by atoms with Crippen molar-refractivity contribution >= 4 is 13.3 Å². The molecule has 0 amide bonds. The van der Waals surface area contributed by atoms with Crippen LogP contribution >= 0.6 is 7.60 Å². The number of rotatable bonds is 3. The number of hydrogen-bond donors (Lipinski definition) is 2. The third-order valence-electron chi connectivity index (χ3n) is 2.16. The first-order valence-electron chi connectivity index (χ1n) is 4.23. The molecule has 0 saturated heterocycles. The Morgan fingerprint density at radius 3 is 2.38 bits per heavy atom. The highest BCUT2D eigenvalue weighted by Gasteiger charge is 2.29. The van der Waals surface area contributed by atoms with E-state index < -0.39 is 13.3 Å². The van der Waals surface area contributed by atoms with E-state index in [1.165, 1.54) is 0 Å². The van der Waals surface area contributed by atoms with Gasteiger partial charge >= 0.3 is 13.3 Å². The molecule has 0 aromatic rings. The second kappa shape index (κ2) is 4.22. The highest BCUT2D eigenvalue weighted by molar-refractivity contribution is 7.69. The van der Waals surface area contributed by atoms with Gasteiger partial charge in [0.25, 0.3) is 0 Å². The minimum atomic E-state index is -4.67. The predicted octanol–water partition coefficient (Wildman–Crippen LogP) is 1.49. The fourth-order valence-corrected chi connectivity index (χ4v) is 1.69. The van der Waals surface area contributed by atoms with Crippen molar-refractivity contribution in [2.45, 2.75) is 25.7 Å². The normalized spacial score (nSPS) is 18.9. The fraction of sp³-hybridized carbons (Fsp3) is 0.857. The molecule has 1 fully saturated rings. The van der Waals surface area contributed by atoms with Crippen LogP contribution in [-0.2, 0) is 9.30 Å². The van der Waals surface area contributed by atoms with E-state index in [-0.39, 0.29) is 12.5 Å². The predicted molar refractivity (Wildman–Crippen MR) is 45.4 cm³/mol. The lowest BCUT2D eigenvalue weighted by atomic mass is 10.1. The molecule has 0 radical (unpaired) electrons. The summed E-state index contributed by atoms with van der Waals surface area (Å²) in [5.74, 6) is 0.287. The maximum absolute atomic E-state index is 10.6. The maximum Gasteiger partial charge on any atom is 0.433 e. The molecule has 5 nitrogen and oxygen atoms in total. The summed E-state index contributed by atoms with van der Waals surface area (Å²) in [4.78, 5) is 27.4. The summed E-state index contributed by atoms with van der Waals surface area (Å²) in [5, 5.41) is 0. The molecule has 0 bridgehead atoms. The largest absolute Gasteiger partial charge is 0.456 e. The summed E-state index contributed by atoms with van der Waals surface area (Å²) >= 11 is 0.